The molecule has 0 aliphatic rings. The van der Waals surface area contributed by atoms with Crippen molar-refractivity contribution in [1.82, 2.24) is 4.90 Å². The average molecular weight is 324 g/mol. The predicted octanol–water partition coefficient (Wildman–Crippen LogP) is -1.93. The lowest BCUT2D eigenvalue weighted by Crippen LogP contribution is -2.49. The van der Waals surface area contributed by atoms with Gasteiger partial charge < -0.3 is 30.4 Å². The first-order valence-electron chi connectivity index (χ1n) is 6.90. The van der Waals surface area contributed by atoms with Crippen molar-refractivity contribution in [3.8, 4) is 6.07 Å². The summed E-state index contributed by atoms with van der Waals surface area (Å²) in [6, 6.07) is 7.90. The summed E-state index contributed by atoms with van der Waals surface area (Å²) in [5.74, 6) is -0.481. The highest BCUT2D eigenvalue weighted by Gasteiger charge is 2.31. The molecule has 5 N–H and O–H groups in total. The topological polar surface area (TPSA) is 145 Å². The summed E-state index contributed by atoms with van der Waals surface area (Å²) in [5.41, 5.74) is 0.551. The third-order valence-electron chi connectivity index (χ3n) is 3.37. The first kappa shape index (κ1) is 19.0. The summed E-state index contributed by atoms with van der Waals surface area (Å²) in [7, 11) is 1.38. The highest BCUT2D eigenvalue weighted by Crippen LogP contribution is 2.10. The maximum atomic E-state index is 12.2. The fourth-order valence-corrected chi connectivity index (χ4v) is 1.98. The van der Waals surface area contributed by atoms with Gasteiger partial charge >= 0.3 is 0 Å². The molecule has 0 aromatic heterocycles. The fraction of sp³-hybridized carbons (Fsp3) is 0.467. The fourth-order valence-electron chi connectivity index (χ4n) is 1.98. The van der Waals surface area contributed by atoms with Crippen molar-refractivity contribution < 1.29 is 30.3 Å². The van der Waals surface area contributed by atoms with E-state index in [0.717, 1.165) is 4.90 Å². The predicted molar refractivity (Wildman–Crippen MR) is 79.2 cm³/mol. The van der Waals surface area contributed by atoms with Gasteiger partial charge in [0, 0.05) is 19.2 Å². The van der Waals surface area contributed by atoms with E-state index in [2.05, 4.69) is 0 Å². The highest BCUT2D eigenvalue weighted by atomic mass is 16.4. The summed E-state index contributed by atoms with van der Waals surface area (Å²) < 4.78 is 0. The molecule has 0 aliphatic carbocycles. The average Bonchev–Trinajstić information content (AvgIpc) is 2.58. The quantitative estimate of drug-likeness (QED) is 0.392. The van der Waals surface area contributed by atoms with Gasteiger partial charge in [-0.1, -0.05) is 6.07 Å². The molecule has 0 saturated carbocycles. The van der Waals surface area contributed by atoms with Gasteiger partial charge in [0.1, 0.15) is 24.4 Å². The van der Waals surface area contributed by atoms with Crippen molar-refractivity contribution in [3.05, 3.63) is 35.4 Å². The Bertz CT molecular complexity index is 573. The molecule has 1 amide bonds. The third kappa shape index (κ3) is 4.99. The molecule has 0 aliphatic heterocycles. The van der Waals surface area contributed by atoms with Crippen molar-refractivity contribution in [2.75, 3.05) is 20.2 Å². The number of carbonyl (C=O) groups is 1. The van der Waals surface area contributed by atoms with Crippen molar-refractivity contribution in [2.45, 2.75) is 24.4 Å². The Kier molecular flexibility index (Phi) is 7.09. The van der Waals surface area contributed by atoms with Crippen LogP contribution in [0.15, 0.2) is 24.3 Å². The number of likely N-dealkylation sites (N-methyl/N-ethyl adjacent to an activating group) is 1. The van der Waals surface area contributed by atoms with Gasteiger partial charge in [0.05, 0.1) is 18.2 Å². The lowest BCUT2D eigenvalue weighted by Gasteiger charge is -2.28. The molecule has 0 heterocycles. The Morgan fingerprint density at radius 1 is 1.22 bits per heavy atom. The molecule has 1 aromatic carbocycles. The van der Waals surface area contributed by atoms with Gasteiger partial charge in [0.25, 0.3) is 5.91 Å². The largest absolute Gasteiger partial charge is 0.394 e. The number of aliphatic hydroxyl groups excluding tert-OH is 5. The lowest BCUT2D eigenvalue weighted by atomic mass is 10.0. The monoisotopic (exact) mass is 324 g/mol. The second-order valence-electron chi connectivity index (χ2n) is 5.18. The van der Waals surface area contributed by atoms with Gasteiger partial charge in [0.2, 0.25) is 0 Å². The molecule has 1 aromatic rings. The van der Waals surface area contributed by atoms with E-state index >= 15 is 0 Å². The number of benzene rings is 1. The minimum atomic E-state index is -1.75. The smallest absolute Gasteiger partial charge is 0.253 e. The zero-order chi connectivity index (χ0) is 17.6. The van der Waals surface area contributed by atoms with Crippen LogP contribution >= 0.6 is 0 Å². The second kappa shape index (κ2) is 8.57. The van der Waals surface area contributed by atoms with Crippen LogP contribution in [0.4, 0.5) is 0 Å². The number of amides is 1. The van der Waals surface area contributed by atoms with Gasteiger partial charge in [-0.15, -0.1) is 0 Å². The summed E-state index contributed by atoms with van der Waals surface area (Å²) in [4.78, 5) is 13.3. The van der Waals surface area contributed by atoms with Crippen LogP contribution < -0.4 is 0 Å². The number of hydrogen-bond donors (Lipinski definition) is 5. The van der Waals surface area contributed by atoms with Gasteiger partial charge in [-0.05, 0) is 18.2 Å². The SMILES string of the molecule is CN(CC(O)C(O)C(O)C(O)CO)C(=O)c1cccc(C#N)c1. The normalized spacial score (nSPS) is 16.0. The zero-order valence-electron chi connectivity index (χ0n) is 12.6. The minimum absolute atomic E-state index is 0.240. The number of nitrogens with zero attached hydrogens (tertiary/aromatic N) is 2. The molecule has 1 rings (SSSR count). The van der Waals surface area contributed by atoms with Gasteiger partial charge in [0.15, 0.2) is 0 Å². The molecule has 126 valence electrons. The minimum Gasteiger partial charge on any atom is -0.394 e. The summed E-state index contributed by atoms with van der Waals surface area (Å²) in [5, 5.41) is 55.9. The maximum Gasteiger partial charge on any atom is 0.253 e. The van der Waals surface area contributed by atoms with Gasteiger partial charge in [-0.25, -0.2) is 0 Å². The van der Waals surface area contributed by atoms with Crippen molar-refractivity contribution in [1.29, 1.82) is 5.26 Å². The molecule has 0 saturated heterocycles. The Morgan fingerprint density at radius 3 is 2.39 bits per heavy atom. The van der Waals surface area contributed by atoms with Crippen LogP contribution in [0.3, 0.4) is 0 Å². The molecule has 23 heavy (non-hydrogen) atoms. The molecular weight excluding hydrogens is 304 g/mol. The van der Waals surface area contributed by atoms with Crippen LogP contribution in [0.5, 0.6) is 0 Å². The number of nitriles is 1. The number of carbonyl (C=O) groups excluding carboxylic acids is 1. The van der Waals surface area contributed by atoms with E-state index in [-0.39, 0.29) is 12.1 Å². The Morgan fingerprint density at radius 2 is 1.83 bits per heavy atom. The molecule has 0 fully saturated rings. The van der Waals surface area contributed by atoms with Crippen LogP contribution in [0.25, 0.3) is 0 Å². The summed E-state index contributed by atoms with van der Waals surface area (Å²) >= 11 is 0. The lowest BCUT2D eigenvalue weighted by molar-refractivity contribution is -0.117. The van der Waals surface area contributed by atoms with Crippen molar-refractivity contribution in [2.24, 2.45) is 0 Å². The molecule has 8 nitrogen and oxygen atoms in total. The molecule has 4 atom stereocenters. The first-order valence-corrected chi connectivity index (χ1v) is 6.90. The standard InChI is InChI=1S/C15H20N2O6/c1-17(7-11(19)13(21)14(22)12(20)8-18)15(23)10-4-2-3-9(5-10)6-16/h2-5,11-14,18-22H,7-8H2,1H3. The second-order valence-corrected chi connectivity index (χ2v) is 5.18. The number of rotatable bonds is 7. The van der Waals surface area contributed by atoms with Crippen LogP contribution in [-0.4, -0.2) is 81.0 Å². The number of hydrogen-bond acceptors (Lipinski definition) is 7. The number of aliphatic hydroxyl groups is 5. The highest BCUT2D eigenvalue weighted by molar-refractivity contribution is 5.94. The molecular formula is C15H20N2O6. The summed E-state index contributed by atoms with van der Waals surface area (Å²) in [6.45, 7) is -1.09. The van der Waals surface area contributed by atoms with E-state index < -0.39 is 36.9 Å². The Labute approximate surface area is 133 Å². The van der Waals surface area contributed by atoms with Crippen molar-refractivity contribution in [3.63, 3.8) is 0 Å². The Balaban J connectivity index is 2.72. The maximum absolute atomic E-state index is 12.2. The third-order valence-corrected chi connectivity index (χ3v) is 3.37. The molecule has 0 bridgehead atoms. The van der Waals surface area contributed by atoms with E-state index in [4.69, 9.17) is 10.4 Å². The van der Waals surface area contributed by atoms with Crippen molar-refractivity contribution >= 4 is 5.91 Å². The molecule has 8 heteroatoms. The van der Waals surface area contributed by atoms with E-state index in [1.165, 1.54) is 19.2 Å². The summed E-state index contributed by atoms with van der Waals surface area (Å²) in [6.07, 6.45) is -6.62. The van der Waals surface area contributed by atoms with Gasteiger partial charge in [-0.3, -0.25) is 4.79 Å². The van der Waals surface area contributed by atoms with E-state index in [1.54, 1.807) is 12.1 Å². The molecule has 4 unspecified atom stereocenters. The van der Waals surface area contributed by atoms with E-state index in [1.807, 2.05) is 6.07 Å². The van der Waals surface area contributed by atoms with Crippen LogP contribution in [-0.2, 0) is 0 Å². The van der Waals surface area contributed by atoms with E-state index in [9.17, 15) is 25.2 Å². The van der Waals surface area contributed by atoms with Gasteiger partial charge in [-0.2, -0.15) is 5.26 Å². The molecule has 0 radical (unpaired) electrons. The van der Waals surface area contributed by atoms with Crippen LogP contribution in [0.1, 0.15) is 15.9 Å². The molecule has 0 spiro atoms. The Hall–Kier alpha value is -2.02. The van der Waals surface area contributed by atoms with Crippen LogP contribution in [0, 0.1) is 11.3 Å². The van der Waals surface area contributed by atoms with E-state index in [0.29, 0.717) is 5.56 Å². The zero-order valence-corrected chi connectivity index (χ0v) is 12.6. The van der Waals surface area contributed by atoms with Crippen LogP contribution in [0.2, 0.25) is 0 Å². The first-order chi connectivity index (χ1) is 10.8.